The molecule has 0 aliphatic rings. The van der Waals surface area contributed by atoms with E-state index < -0.39 is 5.91 Å². The summed E-state index contributed by atoms with van der Waals surface area (Å²) >= 11 is 1.61. The van der Waals surface area contributed by atoms with Gasteiger partial charge in [0.05, 0.1) is 11.6 Å². The van der Waals surface area contributed by atoms with E-state index in [2.05, 4.69) is 17.2 Å². The standard InChI is InChI=1S/C12H13N3OS/c1-8(11-6-14-7-17-11)15-10-4-2-9(3-5-10)12(13)16/h2-8,15H,1H3,(H2,13,16). The summed E-state index contributed by atoms with van der Waals surface area (Å²) in [6.45, 7) is 2.06. The lowest BCUT2D eigenvalue weighted by atomic mass is 10.2. The van der Waals surface area contributed by atoms with Crippen LogP contribution in [0.4, 0.5) is 5.69 Å². The van der Waals surface area contributed by atoms with E-state index in [0.29, 0.717) is 5.56 Å². The average molecular weight is 247 g/mol. The first-order chi connectivity index (χ1) is 8.16. The summed E-state index contributed by atoms with van der Waals surface area (Å²) in [5.41, 5.74) is 8.45. The van der Waals surface area contributed by atoms with Crippen LogP contribution in [0.25, 0.3) is 0 Å². The molecule has 0 aliphatic heterocycles. The van der Waals surface area contributed by atoms with Crippen molar-refractivity contribution in [3.8, 4) is 0 Å². The van der Waals surface area contributed by atoms with Crippen molar-refractivity contribution in [2.45, 2.75) is 13.0 Å². The van der Waals surface area contributed by atoms with Crippen molar-refractivity contribution >= 4 is 22.9 Å². The van der Waals surface area contributed by atoms with Gasteiger partial charge in [0.2, 0.25) is 5.91 Å². The Labute approximate surface area is 103 Å². The Balaban J connectivity index is 2.06. The van der Waals surface area contributed by atoms with Gasteiger partial charge < -0.3 is 11.1 Å². The summed E-state index contributed by atoms with van der Waals surface area (Å²) in [6.07, 6.45) is 1.85. The SMILES string of the molecule is CC(Nc1ccc(C(N)=O)cc1)c1cncs1. The van der Waals surface area contributed by atoms with Gasteiger partial charge in [-0.05, 0) is 31.2 Å². The van der Waals surface area contributed by atoms with E-state index >= 15 is 0 Å². The Morgan fingerprint density at radius 1 is 1.41 bits per heavy atom. The Kier molecular flexibility index (Phi) is 3.39. The van der Waals surface area contributed by atoms with Crippen molar-refractivity contribution in [1.82, 2.24) is 4.98 Å². The van der Waals surface area contributed by atoms with Gasteiger partial charge in [-0.1, -0.05) is 0 Å². The van der Waals surface area contributed by atoms with Crippen molar-refractivity contribution in [3.05, 3.63) is 46.4 Å². The molecule has 1 aromatic heterocycles. The highest BCUT2D eigenvalue weighted by molar-refractivity contribution is 7.09. The molecule has 0 spiro atoms. The van der Waals surface area contributed by atoms with Gasteiger partial charge >= 0.3 is 0 Å². The minimum Gasteiger partial charge on any atom is -0.378 e. The Bertz CT molecular complexity index is 493. The Morgan fingerprint density at radius 2 is 2.12 bits per heavy atom. The molecule has 3 N–H and O–H groups in total. The van der Waals surface area contributed by atoms with Crippen LogP contribution in [-0.2, 0) is 0 Å². The number of hydrogen-bond donors (Lipinski definition) is 2. The monoisotopic (exact) mass is 247 g/mol. The molecule has 1 heterocycles. The van der Waals surface area contributed by atoms with Crippen molar-refractivity contribution in [2.75, 3.05) is 5.32 Å². The molecule has 1 aromatic carbocycles. The summed E-state index contributed by atoms with van der Waals surface area (Å²) in [4.78, 5) is 16.1. The van der Waals surface area contributed by atoms with Gasteiger partial charge in [0, 0.05) is 22.3 Å². The first kappa shape index (κ1) is 11.6. The molecule has 88 valence electrons. The molecule has 1 amide bonds. The predicted molar refractivity (Wildman–Crippen MR) is 69.1 cm³/mol. The highest BCUT2D eigenvalue weighted by Crippen LogP contribution is 2.21. The molecular formula is C12H13N3OS. The van der Waals surface area contributed by atoms with Gasteiger partial charge in [0.25, 0.3) is 0 Å². The van der Waals surface area contributed by atoms with Crippen LogP contribution in [-0.4, -0.2) is 10.9 Å². The number of carbonyl (C=O) groups excluding carboxylic acids is 1. The van der Waals surface area contributed by atoms with Crippen molar-refractivity contribution in [1.29, 1.82) is 0 Å². The molecule has 0 aliphatic carbocycles. The lowest BCUT2D eigenvalue weighted by molar-refractivity contribution is 0.100. The largest absolute Gasteiger partial charge is 0.378 e. The smallest absolute Gasteiger partial charge is 0.248 e. The van der Waals surface area contributed by atoms with Gasteiger partial charge in [-0.2, -0.15) is 0 Å². The zero-order chi connectivity index (χ0) is 12.3. The van der Waals surface area contributed by atoms with Gasteiger partial charge in [-0.15, -0.1) is 11.3 Å². The highest BCUT2D eigenvalue weighted by Gasteiger charge is 2.07. The minimum absolute atomic E-state index is 0.196. The molecule has 4 nitrogen and oxygen atoms in total. The predicted octanol–water partition coefficient (Wildman–Crippen LogP) is 2.42. The van der Waals surface area contributed by atoms with E-state index in [1.54, 1.807) is 23.5 Å². The molecule has 17 heavy (non-hydrogen) atoms. The van der Waals surface area contributed by atoms with Crippen molar-refractivity contribution in [2.24, 2.45) is 5.73 Å². The molecular weight excluding hydrogens is 234 g/mol. The minimum atomic E-state index is -0.410. The topological polar surface area (TPSA) is 68.0 Å². The van der Waals surface area contributed by atoms with E-state index in [1.165, 1.54) is 4.88 Å². The fraction of sp³-hybridized carbons (Fsp3) is 0.167. The average Bonchev–Trinajstić information content (AvgIpc) is 2.83. The van der Waals surface area contributed by atoms with Gasteiger partial charge in [0.15, 0.2) is 0 Å². The first-order valence-corrected chi connectivity index (χ1v) is 6.09. The third-order valence-corrected chi connectivity index (χ3v) is 3.39. The van der Waals surface area contributed by atoms with Crippen molar-refractivity contribution in [3.63, 3.8) is 0 Å². The number of aromatic nitrogens is 1. The van der Waals surface area contributed by atoms with Crippen molar-refractivity contribution < 1.29 is 4.79 Å². The summed E-state index contributed by atoms with van der Waals surface area (Å²) in [6, 6.07) is 7.31. The van der Waals surface area contributed by atoms with Crippen LogP contribution in [0.3, 0.4) is 0 Å². The van der Waals surface area contributed by atoms with E-state index in [-0.39, 0.29) is 6.04 Å². The molecule has 5 heteroatoms. The summed E-state index contributed by atoms with van der Waals surface area (Å²) in [7, 11) is 0. The second-order valence-electron chi connectivity index (χ2n) is 3.71. The zero-order valence-corrected chi connectivity index (χ0v) is 10.2. The first-order valence-electron chi connectivity index (χ1n) is 5.21. The number of thiazole rings is 1. The van der Waals surface area contributed by atoms with E-state index in [9.17, 15) is 4.79 Å². The lowest BCUT2D eigenvalue weighted by Crippen LogP contribution is -2.11. The number of anilines is 1. The summed E-state index contributed by atoms with van der Waals surface area (Å²) < 4.78 is 0. The molecule has 1 unspecified atom stereocenters. The molecule has 0 radical (unpaired) electrons. The zero-order valence-electron chi connectivity index (χ0n) is 9.38. The summed E-state index contributed by atoms with van der Waals surface area (Å²) in [5, 5.41) is 3.33. The third-order valence-electron chi connectivity index (χ3n) is 2.43. The van der Waals surface area contributed by atoms with Crippen LogP contribution >= 0.6 is 11.3 Å². The van der Waals surface area contributed by atoms with Crippen LogP contribution in [0, 0.1) is 0 Å². The quantitative estimate of drug-likeness (QED) is 0.871. The molecule has 2 aromatic rings. The number of nitrogens with two attached hydrogens (primary N) is 1. The highest BCUT2D eigenvalue weighted by atomic mass is 32.1. The molecule has 0 bridgehead atoms. The maximum Gasteiger partial charge on any atom is 0.248 e. The molecule has 0 saturated carbocycles. The number of benzene rings is 1. The van der Waals surface area contributed by atoms with E-state index in [4.69, 9.17) is 5.73 Å². The molecule has 2 rings (SSSR count). The Hall–Kier alpha value is -1.88. The maximum atomic E-state index is 10.9. The van der Waals surface area contributed by atoms with Crippen LogP contribution < -0.4 is 11.1 Å². The second-order valence-corrected chi connectivity index (χ2v) is 4.63. The van der Waals surface area contributed by atoms with E-state index in [1.807, 2.05) is 23.8 Å². The van der Waals surface area contributed by atoms with Crippen LogP contribution in [0.15, 0.2) is 36.0 Å². The fourth-order valence-corrected chi connectivity index (χ4v) is 2.12. The number of carbonyl (C=O) groups is 1. The number of primary amides is 1. The van der Waals surface area contributed by atoms with Gasteiger partial charge in [0.1, 0.15) is 0 Å². The normalized spacial score (nSPS) is 12.1. The molecule has 1 atom stereocenters. The van der Waals surface area contributed by atoms with Crippen LogP contribution in [0.1, 0.15) is 28.2 Å². The number of nitrogens with zero attached hydrogens (tertiary/aromatic N) is 1. The Morgan fingerprint density at radius 3 is 2.65 bits per heavy atom. The molecule has 0 saturated heterocycles. The van der Waals surface area contributed by atoms with Crippen LogP contribution in [0.5, 0.6) is 0 Å². The van der Waals surface area contributed by atoms with Crippen LogP contribution in [0.2, 0.25) is 0 Å². The fourth-order valence-electron chi connectivity index (χ4n) is 1.49. The lowest BCUT2D eigenvalue weighted by Gasteiger charge is -2.13. The second kappa shape index (κ2) is 4.97. The number of hydrogen-bond acceptors (Lipinski definition) is 4. The third kappa shape index (κ3) is 2.82. The number of amides is 1. The summed E-state index contributed by atoms with van der Waals surface area (Å²) in [5.74, 6) is -0.410. The van der Waals surface area contributed by atoms with E-state index in [0.717, 1.165) is 5.69 Å². The van der Waals surface area contributed by atoms with Gasteiger partial charge in [-0.3, -0.25) is 9.78 Å². The molecule has 0 fully saturated rings. The maximum absolute atomic E-state index is 10.9. The van der Waals surface area contributed by atoms with Gasteiger partial charge in [-0.25, -0.2) is 0 Å². The number of rotatable bonds is 4. The number of nitrogens with one attached hydrogen (secondary N) is 1.